The molecule has 1 aliphatic rings. The molecule has 3 rings (SSSR count). The molecule has 7 nitrogen and oxygen atoms in total. The smallest absolute Gasteiger partial charge is 0.251 e. The van der Waals surface area contributed by atoms with Crippen molar-refractivity contribution in [3.05, 3.63) is 53.8 Å². The van der Waals surface area contributed by atoms with Crippen LogP contribution < -0.4 is 20.1 Å². The first-order chi connectivity index (χ1) is 14.9. The maximum atomic E-state index is 13.0. The zero-order chi connectivity index (χ0) is 22.4. The fraction of sp³-hybridized carbons (Fsp3) is 0.391. The van der Waals surface area contributed by atoms with Gasteiger partial charge in [-0.15, -0.1) is 0 Å². The van der Waals surface area contributed by atoms with E-state index in [0.29, 0.717) is 35.8 Å². The fourth-order valence-corrected chi connectivity index (χ4v) is 3.63. The molecule has 1 saturated heterocycles. The van der Waals surface area contributed by atoms with Crippen LogP contribution in [0.5, 0.6) is 11.5 Å². The first-order valence-corrected chi connectivity index (χ1v) is 10.2. The average molecular weight is 429 g/mol. The van der Waals surface area contributed by atoms with Crippen LogP contribution in [-0.4, -0.2) is 56.1 Å². The summed E-state index contributed by atoms with van der Waals surface area (Å²) in [5, 5.41) is 5.91. The Labute approximate surface area is 181 Å². The van der Waals surface area contributed by atoms with Crippen LogP contribution >= 0.6 is 0 Å². The third kappa shape index (κ3) is 5.73. The van der Waals surface area contributed by atoms with Crippen LogP contribution in [0.2, 0.25) is 0 Å². The van der Waals surface area contributed by atoms with Gasteiger partial charge in [0.2, 0.25) is 5.91 Å². The van der Waals surface area contributed by atoms with Gasteiger partial charge in [0.05, 0.1) is 20.3 Å². The van der Waals surface area contributed by atoms with Crippen molar-refractivity contribution in [2.24, 2.45) is 0 Å². The average Bonchev–Trinajstić information content (AvgIpc) is 2.79. The van der Waals surface area contributed by atoms with Crippen LogP contribution in [0.15, 0.2) is 42.5 Å². The number of piperidine rings is 1. The van der Waals surface area contributed by atoms with E-state index in [1.54, 1.807) is 32.4 Å². The number of anilines is 1. The molecule has 1 atom stereocenters. The molecule has 0 spiro atoms. The van der Waals surface area contributed by atoms with E-state index in [9.17, 15) is 14.0 Å². The van der Waals surface area contributed by atoms with Crippen molar-refractivity contribution in [1.29, 1.82) is 0 Å². The number of nitrogens with one attached hydrogen (secondary N) is 2. The van der Waals surface area contributed by atoms with Crippen molar-refractivity contribution in [3.63, 3.8) is 0 Å². The minimum absolute atomic E-state index is 0.0231. The summed E-state index contributed by atoms with van der Waals surface area (Å²) >= 11 is 0. The summed E-state index contributed by atoms with van der Waals surface area (Å²) in [7, 11) is 3.11. The molecular weight excluding hydrogens is 401 g/mol. The number of carbonyl (C=O) groups excluding carboxylic acids is 2. The number of methoxy groups -OCH3 is 2. The van der Waals surface area contributed by atoms with E-state index >= 15 is 0 Å². The van der Waals surface area contributed by atoms with Gasteiger partial charge < -0.3 is 20.1 Å². The van der Waals surface area contributed by atoms with E-state index in [1.807, 2.05) is 6.92 Å². The summed E-state index contributed by atoms with van der Waals surface area (Å²) in [5.41, 5.74) is 1.07. The molecule has 2 aromatic rings. The lowest BCUT2D eigenvalue weighted by Gasteiger charge is -2.35. The summed E-state index contributed by atoms with van der Waals surface area (Å²) in [6.45, 7) is 3.25. The van der Waals surface area contributed by atoms with Gasteiger partial charge in [-0.25, -0.2) is 4.39 Å². The molecule has 1 fully saturated rings. The van der Waals surface area contributed by atoms with Gasteiger partial charge >= 0.3 is 0 Å². The predicted octanol–water partition coefficient (Wildman–Crippen LogP) is 3.06. The number of hydrogen-bond acceptors (Lipinski definition) is 5. The van der Waals surface area contributed by atoms with Crippen LogP contribution in [0, 0.1) is 5.82 Å². The van der Waals surface area contributed by atoms with Gasteiger partial charge in [-0.2, -0.15) is 0 Å². The second-order valence-electron chi connectivity index (χ2n) is 7.53. The maximum Gasteiger partial charge on any atom is 0.251 e. The molecular formula is C23H28FN3O4. The minimum Gasteiger partial charge on any atom is -0.493 e. The van der Waals surface area contributed by atoms with Crippen LogP contribution in [0.4, 0.5) is 10.1 Å². The highest BCUT2D eigenvalue weighted by molar-refractivity contribution is 5.95. The number of likely N-dealkylation sites (tertiary alicyclic amines) is 1. The summed E-state index contributed by atoms with van der Waals surface area (Å²) < 4.78 is 23.5. The molecule has 1 aliphatic heterocycles. The fourth-order valence-electron chi connectivity index (χ4n) is 3.63. The third-order valence-corrected chi connectivity index (χ3v) is 5.55. The molecule has 2 N–H and O–H groups in total. The number of ether oxygens (including phenoxy) is 2. The zero-order valence-corrected chi connectivity index (χ0v) is 18.0. The van der Waals surface area contributed by atoms with E-state index in [-0.39, 0.29) is 29.7 Å². The Morgan fingerprint density at radius 3 is 2.29 bits per heavy atom. The first-order valence-electron chi connectivity index (χ1n) is 10.2. The highest BCUT2D eigenvalue weighted by Gasteiger charge is 2.27. The Kier molecular flexibility index (Phi) is 7.46. The van der Waals surface area contributed by atoms with Gasteiger partial charge in [-0.3, -0.25) is 14.5 Å². The number of hydrogen-bond donors (Lipinski definition) is 2. The molecule has 166 valence electrons. The van der Waals surface area contributed by atoms with Gasteiger partial charge in [0.1, 0.15) is 5.82 Å². The van der Waals surface area contributed by atoms with E-state index in [4.69, 9.17) is 9.47 Å². The SMILES string of the molecule is COc1ccc(NC(=O)C(C)N2CCC(NC(=O)c3ccc(F)cc3)CC2)cc1OC. The lowest BCUT2D eigenvalue weighted by atomic mass is 10.0. The van der Waals surface area contributed by atoms with E-state index in [0.717, 1.165) is 12.8 Å². The van der Waals surface area contributed by atoms with Gasteiger partial charge in [-0.1, -0.05) is 0 Å². The first kappa shape index (κ1) is 22.6. The molecule has 2 aromatic carbocycles. The van der Waals surface area contributed by atoms with Crippen LogP contribution in [0.1, 0.15) is 30.1 Å². The Morgan fingerprint density at radius 2 is 1.68 bits per heavy atom. The number of nitrogens with zero attached hydrogens (tertiary/aromatic N) is 1. The van der Waals surface area contributed by atoms with E-state index < -0.39 is 0 Å². The summed E-state index contributed by atoms with van der Waals surface area (Å²) in [6.07, 6.45) is 1.47. The number of benzene rings is 2. The summed E-state index contributed by atoms with van der Waals surface area (Å²) in [6, 6.07) is 10.4. The predicted molar refractivity (Wildman–Crippen MR) is 116 cm³/mol. The van der Waals surface area contributed by atoms with Gasteiger partial charge in [0.15, 0.2) is 11.5 Å². The highest BCUT2D eigenvalue weighted by atomic mass is 19.1. The quantitative estimate of drug-likeness (QED) is 0.707. The van der Waals surface area contributed by atoms with Crippen molar-refractivity contribution >= 4 is 17.5 Å². The van der Waals surface area contributed by atoms with Crippen LogP contribution in [0.25, 0.3) is 0 Å². The molecule has 1 unspecified atom stereocenters. The Bertz CT molecular complexity index is 912. The normalized spacial score (nSPS) is 15.7. The molecule has 0 radical (unpaired) electrons. The molecule has 31 heavy (non-hydrogen) atoms. The number of carbonyl (C=O) groups is 2. The second-order valence-corrected chi connectivity index (χ2v) is 7.53. The van der Waals surface area contributed by atoms with Crippen LogP contribution in [-0.2, 0) is 4.79 Å². The molecule has 0 bridgehead atoms. The standard InChI is InChI=1S/C23H28FN3O4/c1-15(22(28)26-19-8-9-20(30-2)21(14-19)31-3)27-12-10-18(11-13-27)25-23(29)16-4-6-17(24)7-5-16/h4-9,14-15,18H,10-13H2,1-3H3,(H,25,29)(H,26,28). The van der Waals surface area contributed by atoms with Gasteiger partial charge in [-0.05, 0) is 56.2 Å². The Balaban J connectivity index is 1.50. The van der Waals surface area contributed by atoms with Crippen molar-refractivity contribution in [2.45, 2.75) is 31.8 Å². The van der Waals surface area contributed by atoms with Crippen molar-refractivity contribution in [1.82, 2.24) is 10.2 Å². The number of halogens is 1. The topological polar surface area (TPSA) is 79.9 Å². The molecule has 2 amide bonds. The minimum atomic E-state index is -0.370. The number of rotatable bonds is 7. The molecule has 0 saturated carbocycles. The summed E-state index contributed by atoms with van der Waals surface area (Å²) in [5.74, 6) is 0.452. The maximum absolute atomic E-state index is 13.0. The van der Waals surface area contributed by atoms with Gasteiger partial charge in [0.25, 0.3) is 5.91 Å². The summed E-state index contributed by atoms with van der Waals surface area (Å²) in [4.78, 5) is 27.1. The molecule has 0 aliphatic carbocycles. The monoisotopic (exact) mass is 429 g/mol. The number of amides is 2. The molecule has 1 heterocycles. The van der Waals surface area contributed by atoms with Crippen molar-refractivity contribution in [3.8, 4) is 11.5 Å². The van der Waals surface area contributed by atoms with Gasteiger partial charge in [0, 0.05) is 36.4 Å². The molecule has 0 aromatic heterocycles. The van der Waals surface area contributed by atoms with Crippen molar-refractivity contribution < 1.29 is 23.5 Å². The Morgan fingerprint density at radius 1 is 1.03 bits per heavy atom. The van der Waals surface area contributed by atoms with E-state index in [1.165, 1.54) is 24.3 Å². The largest absolute Gasteiger partial charge is 0.493 e. The Hall–Kier alpha value is -3.13. The zero-order valence-electron chi connectivity index (χ0n) is 18.0. The highest BCUT2D eigenvalue weighted by Crippen LogP contribution is 2.30. The third-order valence-electron chi connectivity index (χ3n) is 5.55. The lowest BCUT2D eigenvalue weighted by Crippen LogP contribution is -2.50. The van der Waals surface area contributed by atoms with Crippen molar-refractivity contribution in [2.75, 3.05) is 32.6 Å². The van der Waals surface area contributed by atoms with Crippen LogP contribution in [0.3, 0.4) is 0 Å². The van der Waals surface area contributed by atoms with E-state index in [2.05, 4.69) is 15.5 Å². The molecule has 8 heteroatoms. The lowest BCUT2D eigenvalue weighted by molar-refractivity contribution is -0.121. The second kappa shape index (κ2) is 10.3.